The van der Waals surface area contributed by atoms with Gasteiger partial charge in [0.25, 0.3) is 0 Å². The van der Waals surface area contributed by atoms with Gasteiger partial charge in [-0.3, -0.25) is 9.59 Å². The van der Waals surface area contributed by atoms with Crippen LogP contribution < -0.4 is 5.32 Å². The first-order valence-corrected chi connectivity index (χ1v) is 5.31. The van der Waals surface area contributed by atoms with E-state index in [4.69, 9.17) is 0 Å². The van der Waals surface area contributed by atoms with Crippen LogP contribution in [0.4, 0.5) is 0 Å². The van der Waals surface area contributed by atoms with Crippen molar-refractivity contribution in [3.63, 3.8) is 0 Å². The molecule has 0 atom stereocenters. The predicted octanol–water partition coefficient (Wildman–Crippen LogP) is 1.91. The van der Waals surface area contributed by atoms with Gasteiger partial charge in [0, 0.05) is 25.8 Å². The third-order valence-corrected chi connectivity index (χ3v) is 2.25. The zero-order valence-corrected chi connectivity index (χ0v) is 9.43. The van der Waals surface area contributed by atoms with E-state index in [-0.39, 0.29) is 11.8 Å². The summed E-state index contributed by atoms with van der Waals surface area (Å²) in [6.07, 6.45) is 3.99. The molecule has 3 heteroatoms. The van der Waals surface area contributed by atoms with E-state index in [9.17, 15) is 9.59 Å². The molecule has 0 aromatic rings. The molecule has 0 fully saturated rings. The van der Waals surface area contributed by atoms with Crippen LogP contribution in [0.5, 0.6) is 0 Å². The molecule has 0 bridgehead atoms. The zero-order chi connectivity index (χ0) is 11.0. The van der Waals surface area contributed by atoms with E-state index in [1.807, 2.05) is 13.8 Å². The lowest BCUT2D eigenvalue weighted by atomic mass is 10.0. The highest BCUT2D eigenvalue weighted by molar-refractivity contribution is 5.80. The van der Waals surface area contributed by atoms with Gasteiger partial charge in [0.05, 0.1) is 0 Å². The number of hydrogen-bond donors (Lipinski definition) is 1. The van der Waals surface area contributed by atoms with Crippen molar-refractivity contribution in [1.82, 2.24) is 5.32 Å². The molecule has 3 nitrogen and oxygen atoms in total. The highest BCUT2D eigenvalue weighted by Gasteiger charge is 2.06. The maximum absolute atomic E-state index is 11.2. The van der Waals surface area contributed by atoms with Crippen molar-refractivity contribution in [3.8, 4) is 0 Å². The molecule has 1 N–H and O–H groups in total. The molecular weight excluding hydrogens is 178 g/mol. The lowest BCUT2D eigenvalue weighted by Gasteiger charge is -2.03. The fourth-order valence-corrected chi connectivity index (χ4v) is 1.18. The van der Waals surface area contributed by atoms with Crippen molar-refractivity contribution >= 4 is 11.7 Å². The summed E-state index contributed by atoms with van der Waals surface area (Å²) in [6, 6.07) is 0. The van der Waals surface area contributed by atoms with E-state index in [2.05, 4.69) is 5.32 Å². The topological polar surface area (TPSA) is 46.2 Å². The third-order valence-electron chi connectivity index (χ3n) is 2.25. The van der Waals surface area contributed by atoms with E-state index in [0.717, 1.165) is 19.3 Å². The Kier molecular flexibility index (Phi) is 7.07. The number of rotatable bonds is 7. The van der Waals surface area contributed by atoms with E-state index < -0.39 is 0 Å². The van der Waals surface area contributed by atoms with Gasteiger partial charge in [0.1, 0.15) is 5.78 Å². The Morgan fingerprint density at radius 1 is 1.07 bits per heavy atom. The summed E-state index contributed by atoms with van der Waals surface area (Å²) < 4.78 is 0. The Hall–Kier alpha value is -0.860. The zero-order valence-electron chi connectivity index (χ0n) is 9.43. The molecule has 0 spiro atoms. The number of nitrogens with one attached hydrogen (secondary N) is 1. The second kappa shape index (κ2) is 7.54. The molecule has 0 saturated heterocycles. The smallest absolute Gasteiger partial charge is 0.219 e. The third kappa shape index (κ3) is 6.63. The van der Waals surface area contributed by atoms with Crippen LogP contribution in [-0.2, 0) is 9.59 Å². The van der Waals surface area contributed by atoms with Crippen LogP contribution in [0.2, 0.25) is 0 Å². The second-order valence-corrected chi connectivity index (χ2v) is 3.85. The summed E-state index contributed by atoms with van der Waals surface area (Å²) >= 11 is 0. The quantitative estimate of drug-likeness (QED) is 0.637. The Bertz CT molecular complexity index is 188. The lowest BCUT2D eigenvalue weighted by Crippen LogP contribution is -2.16. The average Bonchev–Trinajstić information content (AvgIpc) is 2.16. The maximum Gasteiger partial charge on any atom is 0.219 e. The highest BCUT2D eigenvalue weighted by Crippen LogP contribution is 2.07. The van der Waals surface area contributed by atoms with Gasteiger partial charge >= 0.3 is 0 Å². The van der Waals surface area contributed by atoms with Gasteiger partial charge in [-0.25, -0.2) is 0 Å². The molecule has 0 heterocycles. The fraction of sp³-hybridized carbons (Fsp3) is 0.818. The van der Waals surface area contributed by atoms with Crippen molar-refractivity contribution < 1.29 is 9.59 Å². The van der Waals surface area contributed by atoms with Crippen LogP contribution in [-0.4, -0.2) is 18.7 Å². The van der Waals surface area contributed by atoms with Crippen molar-refractivity contribution in [2.75, 3.05) is 7.05 Å². The summed E-state index contributed by atoms with van der Waals surface area (Å²) in [5.41, 5.74) is 0. The van der Waals surface area contributed by atoms with Crippen molar-refractivity contribution in [2.45, 2.75) is 46.0 Å². The lowest BCUT2D eigenvalue weighted by molar-refractivity contribution is -0.122. The Balaban J connectivity index is 3.30. The number of hydrogen-bond acceptors (Lipinski definition) is 2. The van der Waals surface area contributed by atoms with E-state index in [1.54, 1.807) is 7.05 Å². The summed E-state index contributed by atoms with van der Waals surface area (Å²) in [6.45, 7) is 3.85. The van der Waals surface area contributed by atoms with Crippen LogP contribution >= 0.6 is 0 Å². The normalized spacial score (nSPS) is 10.3. The van der Waals surface area contributed by atoms with Crippen molar-refractivity contribution in [1.29, 1.82) is 0 Å². The van der Waals surface area contributed by atoms with Gasteiger partial charge < -0.3 is 5.32 Å². The first-order valence-electron chi connectivity index (χ1n) is 5.31. The average molecular weight is 199 g/mol. The number of carbonyl (C=O) groups is 2. The molecule has 0 rings (SSSR count). The summed E-state index contributed by atoms with van der Waals surface area (Å²) in [7, 11) is 1.64. The Morgan fingerprint density at radius 2 is 1.64 bits per heavy atom. The first kappa shape index (κ1) is 13.1. The molecule has 0 aliphatic heterocycles. The van der Waals surface area contributed by atoms with Gasteiger partial charge in [0.15, 0.2) is 0 Å². The summed E-state index contributed by atoms with van der Waals surface area (Å²) in [5.74, 6) is 0.555. The Morgan fingerprint density at radius 3 is 2.14 bits per heavy atom. The SMILES string of the molecule is CNC(=O)CCCCCC(=O)C(C)C. The summed E-state index contributed by atoms with van der Waals surface area (Å²) in [5, 5.41) is 2.58. The number of unbranched alkanes of at least 4 members (excludes halogenated alkanes) is 2. The van der Waals surface area contributed by atoms with Gasteiger partial charge in [0.2, 0.25) is 5.91 Å². The number of carbonyl (C=O) groups excluding carboxylic acids is 2. The minimum Gasteiger partial charge on any atom is -0.359 e. The first-order chi connectivity index (χ1) is 6.57. The molecule has 0 aromatic heterocycles. The van der Waals surface area contributed by atoms with Crippen LogP contribution in [0.1, 0.15) is 46.0 Å². The number of amides is 1. The van der Waals surface area contributed by atoms with Crippen molar-refractivity contribution in [3.05, 3.63) is 0 Å². The number of Topliss-reactive ketones (excluding diaryl/α,β-unsaturated/α-hetero) is 1. The number of ketones is 1. The van der Waals surface area contributed by atoms with Crippen LogP contribution in [0.3, 0.4) is 0 Å². The van der Waals surface area contributed by atoms with E-state index >= 15 is 0 Å². The van der Waals surface area contributed by atoms with Gasteiger partial charge in [-0.05, 0) is 12.8 Å². The minimum atomic E-state index is 0.0835. The van der Waals surface area contributed by atoms with Crippen LogP contribution in [0, 0.1) is 5.92 Å². The van der Waals surface area contributed by atoms with Crippen LogP contribution in [0.15, 0.2) is 0 Å². The second-order valence-electron chi connectivity index (χ2n) is 3.85. The molecule has 0 unspecified atom stereocenters. The summed E-state index contributed by atoms with van der Waals surface area (Å²) in [4.78, 5) is 22.1. The highest BCUT2D eigenvalue weighted by atomic mass is 16.1. The predicted molar refractivity (Wildman–Crippen MR) is 57.0 cm³/mol. The fourth-order valence-electron chi connectivity index (χ4n) is 1.18. The molecule has 0 saturated carbocycles. The van der Waals surface area contributed by atoms with E-state index in [0.29, 0.717) is 18.6 Å². The maximum atomic E-state index is 11.2. The molecule has 0 aliphatic carbocycles. The van der Waals surface area contributed by atoms with E-state index in [1.165, 1.54) is 0 Å². The van der Waals surface area contributed by atoms with Crippen molar-refractivity contribution in [2.24, 2.45) is 5.92 Å². The largest absolute Gasteiger partial charge is 0.359 e. The molecule has 0 aromatic carbocycles. The molecular formula is C11H21NO2. The van der Waals surface area contributed by atoms with Crippen LogP contribution in [0.25, 0.3) is 0 Å². The Labute approximate surface area is 86.3 Å². The van der Waals surface area contributed by atoms with Gasteiger partial charge in [-0.1, -0.05) is 20.3 Å². The monoisotopic (exact) mass is 199 g/mol. The molecule has 1 amide bonds. The van der Waals surface area contributed by atoms with Gasteiger partial charge in [-0.15, -0.1) is 0 Å². The molecule has 14 heavy (non-hydrogen) atoms. The molecule has 82 valence electrons. The minimum absolute atomic E-state index is 0.0835. The standard InChI is InChI=1S/C11H21NO2/c1-9(2)10(13)7-5-4-6-8-11(14)12-3/h9H,4-8H2,1-3H3,(H,12,14). The molecule has 0 aliphatic rings. The molecule has 0 radical (unpaired) electrons. The van der Waals surface area contributed by atoms with Gasteiger partial charge in [-0.2, -0.15) is 0 Å².